The summed E-state index contributed by atoms with van der Waals surface area (Å²) in [5, 5.41) is 4.91. The zero-order valence-electron chi connectivity index (χ0n) is 34.7. The Morgan fingerprint density at radius 1 is 0.426 bits per heavy atom. The van der Waals surface area contributed by atoms with Crippen LogP contribution in [-0.4, -0.2) is 24.1 Å². The molecule has 3 aromatic heterocycles. The van der Waals surface area contributed by atoms with Crippen LogP contribution in [0.4, 0.5) is 0 Å². The zero-order valence-corrected chi connectivity index (χ0v) is 34.7. The summed E-state index contributed by atoms with van der Waals surface area (Å²) >= 11 is 0. The summed E-state index contributed by atoms with van der Waals surface area (Å²) in [4.78, 5) is 17.1. The van der Waals surface area contributed by atoms with Gasteiger partial charge < -0.3 is 9.13 Å². The van der Waals surface area contributed by atoms with E-state index in [4.69, 9.17) is 15.0 Å². The number of nitrogens with zero attached hydrogens (tertiary/aromatic N) is 5. The van der Waals surface area contributed by atoms with Gasteiger partial charge in [0.25, 0.3) is 0 Å². The van der Waals surface area contributed by atoms with E-state index in [1.807, 2.05) is 0 Å². The highest BCUT2D eigenvalue weighted by molar-refractivity contribution is 6.11. The molecule has 0 spiro atoms. The first-order valence-corrected chi connectivity index (χ1v) is 22.0. The van der Waals surface area contributed by atoms with E-state index in [9.17, 15) is 0 Å². The number of hydrogen-bond acceptors (Lipinski definition) is 3. The van der Waals surface area contributed by atoms with Crippen molar-refractivity contribution < 1.29 is 0 Å². The van der Waals surface area contributed by atoms with Crippen LogP contribution in [0.25, 0.3) is 88.9 Å². The molecule has 0 amide bonds. The molecule has 2 saturated carbocycles. The van der Waals surface area contributed by atoms with Crippen LogP contribution in [-0.2, 0) is 5.41 Å². The van der Waals surface area contributed by atoms with Gasteiger partial charge in [-0.1, -0.05) is 141 Å². The fraction of sp³-hybridized carbons (Fsp3) is 0.196. The summed E-state index contributed by atoms with van der Waals surface area (Å²) in [5.41, 5.74) is 10.9. The lowest BCUT2D eigenvalue weighted by Crippen LogP contribution is -2.43. The van der Waals surface area contributed by atoms with E-state index < -0.39 is 0 Å². The maximum Gasteiger partial charge on any atom is 0.165 e. The molecule has 3 heterocycles. The second-order valence-corrected chi connectivity index (χ2v) is 18.1. The number of benzene rings is 7. The topological polar surface area (TPSA) is 48.5 Å². The normalized spacial score (nSPS) is 20.2. The van der Waals surface area contributed by atoms with Crippen LogP contribution in [0.3, 0.4) is 0 Å². The van der Waals surface area contributed by atoms with Crippen molar-refractivity contribution in [3.63, 3.8) is 0 Å². The van der Waals surface area contributed by atoms with E-state index in [-0.39, 0.29) is 5.41 Å². The lowest BCUT2D eigenvalue weighted by atomic mass is 9.56. The Kier molecular flexibility index (Phi) is 8.35. The molecule has 0 aliphatic heterocycles. The molecule has 5 heteroatoms. The Balaban J connectivity index is 1.18. The van der Waals surface area contributed by atoms with Crippen molar-refractivity contribution in [3.05, 3.63) is 176 Å². The Bertz CT molecular complexity index is 3170. The Morgan fingerprint density at radius 2 is 0.885 bits per heavy atom. The van der Waals surface area contributed by atoms with Gasteiger partial charge in [0.05, 0.1) is 33.4 Å². The van der Waals surface area contributed by atoms with E-state index >= 15 is 0 Å². The van der Waals surface area contributed by atoms with Crippen molar-refractivity contribution in [2.75, 3.05) is 0 Å². The van der Waals surface area contributed by atoms with Crippen LogP contribution < -0.4 is 0 Å². The van der Waals surface area contributed by atoms with Crippen molar-refractivity contribution in [2.45, 2.75) is 51.4 Å². The summed E-state index contributed by atoms with van der Waals surface area (Å²) in [7, 11) is 0. The number of para-hydroxylation sites is 6. The van der Waals surface area contributed by atoms with E-state index in [0.717, 1.165) is 75.6 Å². The van der Waals surface area contributed by atoms with E-state index in [1.165, 1.54) is 45.4 Å². The fourth-order valence-corrected chi connectivity index (χ4v) is 11.9. The number of rotatable bonds is 6. The third-order valence-corrected chi connectivity index (χ3v) is 13.9. The van der Waals surface area contributed by atoms with E-state index in [2.05, 4.69) is 193 Å². The summed E-state index contributed by atoms with van der Waals surface area (Å²) in [6.45, 7) is 4.89. The van der Waals surface area contributed by atoms with Gasteiger partial charge in [-0.05, 0) is 97.9 Å². The Hall–Kier alpha value is -6.85. The molecule has 2 bridgehead atoms. The largest absolute Gasteiger partial charge is 0.309 e. The molecule has 5 nitrogen and oxygen atoms in total. The minimum Gasteiger partial charge on any atom is -0.309 e. The lowest BCUT2D eigenvalue weighted by molar-refractivity contribution is 0.0720. The first kappa shape index (κ1) is 36.0. The van der Waals surface area contributed by atoms with Crippen LogP contribution in [0.1, 0.15) is 51.8 Å². The van der Waals surface area contributed by atoms with Crippen molar-refractivity contribution in [3.8, 4) is 45.3 Å². The van der Waals surface area contributed by atoms with Crippen LogP contribution in [0, 0.1) is 17.8 Å². The summed E-state index contributed by atoms with van der Waals surface area (Å²) in [6, 6.07) is 61.2. The van der Waals surface area contributed by atoms with Gasteiger partial charge in [-0.15, -0.1) is 0 Å². The maximum atomic E-state index is 5.75. The molecule has 0 N–H and O–H groups in total. The van der Waals surface area contributed by atoms with Gasteiger partial charge in [0.15, 0.2) is 11.6 Å². The van der Waals surface area contributed by atoms with Crippen molar-refractivity contribution in [1.29, 1.82) is 0 Å². The third kappa shape index (κ3) is 5.78. The van der Waals surface area contributed by atoms with Crippen molar-refractivity contribution >= 4 is 43.6 Å². The zero-order chi connectivity index (χ0) is 40.7. The fourth-order valence-electron chi connectivity index (χ4n) is 11.9. The summed E-state index contributed by atoms with van der Waals surface area (Å²) in [5.74, 6) is 4.28. The van der Waals surface area contributed by atoms with Gasteiger partial charge in [0.2, 0.25) is 0 Å². The van der Waals surface area contributed by atoms with Crippen LogP contribution in [0.5, 0.6) is 0 Å². The molecule has 10 aromatic rings. The summed E-state index contributed by atoms with van der Waals surface area (Å²) < 4.78 is 4.86. The van der Waals surface area contributed by atoms with Crippen molar-refractivity contribution in [2.24, 2.45) is 17.8 Å². The van der Waals surface area contributed by atoms with E-state index in [0.29, 0.717) is 23.6 Å². The molecular weight excluding hydrogens is 743 g/mol. The lowest BCUT2D eigenvalue weighted by Gasteiger charge is -2.49. The molecule has 2 aliphatic rings. The third-order valence-electron chi connectivity index (χ3n) is 13.9. The van der Waals surface area contributed by atoms with Crippen LogP contribution in [0.15, 0.2) is 170 Å². The minimum absolute atomic E-state index is 0.127. The molecular formula is C56H47N5. The van der Waals surface area contributed by atoms with Gasteiger partial charge in [-0.2, -0.15) is 0 Å². The molecule has 7 aromatic carbocycles. The number of hydrogen-bond donors (Lipinski definition) is 0. The van der Waals surface area contributed by atoms with Crippen molar-refractivity contribution in [1.82, 2.24) is 24.1 Å². The maximum absolute atomic E-state index is 5.75. The molecule has 0 saturated heterocycles. The average molecular weight is 790 g/mol. The van der Waals surface area contributed by atoms with Gasteiger partial charge >= 0.3 is 0 Å². The standard InChI is InChI=1S/C56H47N5/c1-36-31-38-32-37(2)34-56(33-36,35-38)55-58-53(45-23-10-15-30-51(45)60-47-26-11-6-19-41(47)42-20-7-12-27-48(42)60)57-54(59-55)46-25-16-24-40(39-17-4-3-5-18-39)52(46)61-49-28-13-8-21-43(49)44-22-9-14-29-50(44)61/h3-30,36-38H,31-35H2,1-2H3/t36-,37+,38?,56?. The second-order valence-electron chi connectivity index (χ2n) is 18.1. The predicted molar refractivity (Wildman–Crippen MR) is 251 cm³/mol. The van der Waals surface area contributed by atoms with Gasteiger partial charge in [0.1, 0.15) is 5.82 Å². The molecule has 296 valence electrons. The average Bonchev–Trinajstić information content (AvgIpc) is 3.81. The highest BCUT2D eigenvalue weighted by Gasteiger charge is 2.47. The number of aromatic nitrogens is 5. The first-order chi connectivity index (χ1) is 30.0. The van der Waals surface area contributed by atoms with Gasteiger partial charge in [0, 0.05) is 43.7 Å². The van der Waals surface area contributed by atoms with Crippen LogP contribution in [0.2, 0.25) is 0 Å². The van der Waals surface area contributed by atoms with Gasteiger partial charge in [-0.25, -0.2) is 15.0 Å². The molecule has 4 atom stereocenters. The molecule has 61 heavy (non-hydrogen) atoms. The monoisotopic (exact) mass is 789 g/mol. The van der Waals surface area contributed by atoms with E-state index in [1.54, 1.807) is 0 Å². The van der Waals surface area contributed by atoms with Crippen LogP contribution >= 0.6 is 0 Å². The minimum atomic E-state index is -0.127. The van der Waals surface area contributed by atoms with Gasteiger partial charge in [-0.3, -0.25) is 0 Å². The predicted octanol–water partition coefficient (Wildman–Crippen LogP) is 14.2. The summed E-state index contributed by atoms with van der Waals surface area (Å²) in [6.07, 6.45) is 5.88. The quantitative estimate of drug-likeness (QED) is 0.169. The molecule has 0 radical (unpaired) electrons. The smallest absolute Gasteiger partial charge is 0.165 e. The second kappa shape index (κ2) is 14.1. The SMILES string of the molecule is C[C@@H]1CC2C[C@H](C)CC(c3nc(-c4ccccc4-n4c5ccccc5c5ccccc54)nc(-c4cccc(-c5ccccc5)c4-n4c5ccccc5c5ccccc54)n3)(C2)C1. The Morgan fingerprint density at radius 3 is 1.48 bits per heavy atom. The molecule has 2 unspecified atom stereocenters. The highest BCUT2D eigenvalue weighted by Crippen LogP contribution is 2.54. The molecule has 2 aliphatic carbocycles. The highest BCUT2D eigenvalue weighted by atomic mass is 15.1. The molecule has 2 fully saturated rings. The number of fused-ring (bicyclic) bond motifs is 8. The first-order valence-electron chi connectivity index (χ1n) is 22.0. The Labute approximate surface area is 356 Å². The molecule has 12 rings (SSSR count).